The molecule has 0 spiro atoms. The molecule has 5 heteroatoms. The van der Waals surface area contributed by atoms with Gasteiger partial charge in [0.2, 0.25) is 0 Å². The van der Waals surface area contributed by atoms with Gasteiger partial charge >= 0.3 is 11.8 Å². The van der Waals surface area contributed by atoms with E-state index in [1.54, 1.807) is 0 Å². The summed E-state index contributed by atoms with van der Waals surface area (Å²) < 4.78 is 0. The third-order valence-electron chi connectivity index (χ3n) is 3.78. The summed E-state index contributed by atoms with van der Waals surface area (Å²) in [6.07, 6.45) is 0.788. The van der Waals surface area contributed by atoms with E-state index < -0.39 is 11.8 Å². The molecule has 5 nitrogen and oxygen atoms in total. The Hall–Kier alpha value is -2.04. The van der Waals surface area contributed by atoms with Crippen LogP contribution in [0.2, 0.25) is 0 Å². The molecule has 0 saturated carbocycles. The molecule has 0 radical (unpaired) electrons. The number of aryl methyl sites for hydroxylation is 1. The zero-order valence-corrected chi connectivity index (χ0v) is 14.2. The second-order valence-corrected chi connectivity index (χ2v) is 5.41. The zero-order chi connectivity index (χ0) is 16.7. The van der Waals surface area contributed by atoms with Crippen molar-refractivity contribution in [1.29, 1.82) is 0 Å². The molecule has 2 amide bonds. The normalized spacial score (nSPS) is 11.7. The fourth-order valence-corrected chi connectivity index (χ4v) is 2.14. The molecule has 1 rings (SSSR count). The van der Waals surface area contributed by atoms with E-state index in [-0.39, 0.29) is 6.04 Å². The molecular weight excluding hydrogens is 278 g/mol. The summed E-state index contributed by atoms with van der Waals surface area (Å²) in [5.41, 5.74) is 2.72. The lowest BCUT2D eigenvalue weighted by molar-refractivity contribution is -0.136. The predicted molar refractivity (Wildman–Crippen MR) is 91.3 cm³/mol. The fraction of sp³-hybridized carbons (Fsp3) is 0.529. The van der Waals surface area contributed by atoms with Crippen LogP contribution in [0.15, 0.2) is 18.2 Å². The molecule has 0 aromatic heterocycles. The van der Waals surface area contributed by atoms with Crippen LogP contribution in [0.3, 0.4) is 0 Å². The van der Waals surface area contributed by atoms with E-state index in [0.29, 0.717) is 5.69 Å². The van der Waals surface area contributed by atoms with Gasteiger partial charge in [-0.2, -0.15) is 0 Å². The van der Waals surface area contributed by atoms with Crippen molar-refractivity contribution in [2.75, 3.05) is 23.3 Å². The molecule has 0 aliphatic carbocycles. The maximum Gasteiger partial charge on any atom is 0.313 e. The van der Waals surface area contributed by atoms with Crippen molar-refractivity contribution >= 4 is 23.2 Å². The molecule has 22 heavy (non-hydrogen) atoms. The van der Waals surface area contributed by atoms with Crippen molar-refractivity contribution in [1.82, 2.24) is 5.32 Å². The number of anilines is 2. The lowest BCUT2D eigenvalue weighted by Crippen LogP contribution is -2.40. The minimum Gasteiger partial charge on any atom is -0.372 e. The monoisotopic (exact) mass is 305 g/mol. The van der Waals surface area contributed by atoms with Gasteiger partial charge in [0.05, 0.1) is 0 Å². The van der Waals surface area contributed by atoms with Gasteiger partial charge in [-0.3, -0.25) is 9.59 Å². The molecule has 1 unspecified atom stereocenters. The van der Waals surface area contributed by atoms with Crippen LogP contribution in [0.4, 0.5) is 11.4 Å². The van der Waals surface area contributed by atoms with Crippen LogP contribution in [0.1, 0.15) is 39.7 Å². The summed E-state index contributed by atoms with van der Waals surface area (Å²) in [5.74, 6) is -1.22. The van der Waals surface area contributed by atoms with Crippen molar-refractivity contribution in [3.8, 4) is 0 Å². The Morgan fingerprint density at radius 1 is 1.14 bits per heavy atom. The molecule has 1 aromatic carbocycles. The lowest BCUT2D eigenvalue weighted by Gasteiger charge is -2.22. The summed E-state index contributed by atoms with van der Waals surface area (Å²) in [6, 6.07) is 5.82. The van der Waals surface area contributed by atoms with Crippen molar-refractivity contribution in [2.45, 2.75) is 47.1 Å². The third kappa shape index (κ3) is 4.76. The molecule has 0 saturated heterocycles. The van der Waals surface area contributed by atoms with Gasteiger partial charge in [0.15, 0.2) is 0 Å². The van der Waals surface area contributed by atoms with Crippen LogP contribution < -0.4 is 15.5 Å². The summed E-state index contributed by atoms with van der Waals surface area (Å²) in [5, 5.41) is 5.33. The van der Waals surface area contributed by atoms with Gasteiger partial charge in [-0.1, -0.05) is 6.92 Å². The minimum atomic E-state index is -0.626. The fourth-order valence-electron chi connectivity index (χ4n) is 2.14. The summed E-state index contributed by atoms with van der Waals surface area (Å²) >= 11 is 0. The lowest BCUT2D eigenvalue weighted by atomic mass is 10.1. The topological polar surface area (TPSA) is 61.4 Å². The van der Waals surface area contributed by atoms with Crippen molar-refractivity contribution < 1.29 is 9.59 Å². The van der Waals surface area contributed by atoms with E-state index in [4.69, 9.17) is 0 Å². The molecule has 0 fully saturated rings. The van der Waals surface area contributed by atoms with Gasteiger partial charge in [-0.25, -0.2) is 0 Å². The molecule has 1 atom stereocenters. The number of benzene rings is 1. The highest BCUT2D eigenvalue weighted by Gasteiger charge is 2.16. The number of carbonyl (C=O) groups is 2. The van der Waals surface area contributed by atoms with E-state index in [1.165, 1.54) is 0 Å². The van der Waals surface area contributed by atoms with Crippen LogP contribution in [0.25, 0.3) is 0 Å². The number of hydrogen-bond donors (Lipinski definition) is 2. The number of amides is 2. The zero-order valence-electron chi connectivity index (χ0n) is 14.2. The number of nitrogens with one attached hydrogen (secondary N) is 2. The maximum atomic E-state index is 11.9. The molecule has 122 valence electrons. The highest BCUT2D eigenvalue weighted by atomic mass is 16.2. The van der Waals surface area contributed by atoms with E-state index >= 15 is 0 Å². The minimum absolute atomic E-state index is 0.00982. The van der Waals surface area contributed by atoms with E-state index in [0.717, 1.165) is 30.8 Å². The van der Waals surface area contributed by atoms with E-state index in [9.17, 15) is 9.59 Å². The Morgan fingerprint density at radius 2 is 1.77 bits per heavy atom. The predicted octanol–water partition coefficient (Wildman–Crippen LogP) is 2.69. The smallest absolute Gasteiger partial charge is 0.313 e. The molecule has 1 aromatic rings. The van der Waals surface area contributed by atoms with Crippen LogP contribution in [-0.2, 0) is 9.59 Å². The van der Waals surface area contributed by atoms with Gasteiger partial charge in [-0.15, -0.1) is 0 Å². The first kappa shape index (κ1) is 18.0. The first-order valence-corrected chi connectivity index (χ1v) is 7.90. The summed E-state index contributed by atoms with van der Waals surface area (Å²) in [6.45, 7) is 11.8. The van der Waals surface area contributed by atoms with Gasteiger partial charge < -0.3 is 15.5 Å². The largest absolute Gasteiger partial charge is 0.372 e. The Labute approximate surface area is 133 Å². The van der Waals surface area contributed by atoms with Gasteiger partial charge in [-0.05, 0) is 57.9 Å². The number of nitrogens with zero attached hydrogens (tertiary/aromatic N) is 1. The molecule has 2 N–H and O–H groups in total. The van der Waals surface area contributed by atoms with Crippen LogP contribution >= 0.6 is 0 Å². The Bertz CT molecular complexity index is 525. The first-order chi connectivity index (χ1) is 10.4. The molecule has 0 bridgehead atoms. The van der Waals surface area contributed by atoms with E-state index in [2.05, 4.69) is 29.4 Å². The number of hydrogen-bond acceptors (Lipinski definition) is 3. The second kappa shape index (κ2) is 8.41. The summed E-state index contributed by atoms with van der Waals surface area (Å²) in [7, 11) is 0. The quantitative estimate of drug-likeness (QED) is 0.794. The Morgan fingerprint density at radius 3 is 2.27 bits per heavy atom. The molecular formula is C17H27N3O2. The summed E-state index contributed by atoms with van der Waals surface area (Å²) in [4.78, 5) is 25.9. The Balaban J connectivity index is 2.78. The van der Waals surface area contributed by atoms with Crippen molar-refractivity contribution in [3.05, 3.63) is 23.8 Å². The average molecular weight is 305 g/mol. The average Bonchev–Trinajstić information content (AvgIpc) is 2.50. The molecule has 0 aliphatic rings. The SMILES string of the molecule is CCC(C)NC(=O)C(=O)Nc1ccc(N(CC)CC)cc1C. The first-order valence-electron chi connectivity index (χ1n) is 7.90. The van der Waals surface area contributed by atoms with Gasteiger partial charge in [0, 0.05) is 30.5 Å². The highest BCUT2D eigenvalue weighted by Crippen LogP contribution is 2.22. The van der Waals surface area contributed by atoms with Crippen molar-refractivity contribution in [2.24, 2.45) is 0 Å². The van der Waals surface area contributed by atoms with Gasteiger partial charge in [0.1, 0.15) is 0 Å². The Kier molecular flexibility index (Phi) is 6.89. The van der Waals surface area contributed by atoms with Crippen molar-refractivity contribution in [3.63, 3.8) is 0 Å². The maximum absolute atomic E-state index is 11.9. The number of rotatable bonds is 6. The van der Waals surface area contributed by atoms with Crippen LogP contribution in [0.5, 0.6) is 0 Å². The van der Waals surface area contributed by atoms with Gasteiger partial charge in [0.25, 0.3) is 0 Å². The second-order valence-electron chi connectivity index (χ2n) is 5.41. The van der Waals surface area contributed by atoms with Crippen LogP contribution in [-0.4, -0.2) is 30.9 Å². The standard InChI is InChI=1S/C17H27N3O2/c1-6-13(5)18-16(21)17(22)19-15-10-9-14(11-12(15)4)20(7-2)8-3/h9-11,13H,6-8H2,1-5H3,(H,18,21)(H,19,22). The highest BCUT2D eigenvalue weighted by molar-refractivity contribution is 6.39. The number of carbonyl (C=O) groups excluding carboxylic acids is 2. The molecule has 0 aliphatic heterocycles. The third-order valence-corrected chi connectivity index (χ3v) is 3.78. The molecule has 0 heterocycles. The van der Waals surface area contributed by atoms with E-state index in [1.807, 2.05) is 39.0 Å². The van der Waals surface area contributed by atoms with Crippen LogP contribution in [0, 0.1) is 6.92 Å².